The zero-order chi connectivity index (χ0) is 30.5. The lowest BCUT2D eigenvalue weighted by Gasteiger charge is -2.40. The molecule has 0 saturated carbocycles. The van der Waals surface area contributed by atoms with E-state index in [0.717, 1.165) is 16.8 Å². The fourth-order valence-electron chi connectivity index (χ4n) is 4.53. The number of aromatic nitrogens is 1. The van der Waals surface area contributed by atoms with Crippen LogP contribution in [0.25, 0.3) is 0 Å². The van der Waals surface area contributed by atoms with Gasteiger partial charge in [-0.15, -0.1) is 11.3 Å². The number of urea groups is 1. The van der Waals surface area contributed by atoms with Crippen molar-refractivity contribution in [2.45, 2.75) is 69.4 Å². The maximum absolute atomic E-state index is 13.6. The Morgan fingerprint density at radius 3 is 2.44 bits per heavy atom. The van der Waals surface area contributed by atoms with Crippen LogP contribution >= 0.6 is 23.1 Å². The SMILES string of the molecule is [B]OC(=O)[C@@]1(N2CCN(N)C2=O)CN2C(=O)[C@@H](CC(=O)/C(=N\OC(C)(C)C(=O)OC(C)(C)C)c3csc(C)n3)[C@H]2S1. The van der Waals surface area contributed by atoms with Gasteiger partial charge in [-0.05, 0) is 41.5 Å². The third-order valence-corrected chi connectivity index (χ3v) is 9.15. The number of hydrogen-bond donors (Lipinski definition) is 1. The number of rotatable bonds is 9. The summed E-state index contributed by atoms with van der Waals surface area (Å²) in [6.45, 7) is 9.94. The lowest BCUT2D eigenvalue weighted by atomic mass is 9.90. The van der Waals surface area contributed by atoms with Crippen molar-refractivity contribution >= 4 is 66.5 Å². The number of Topliss-reactive ketones (excluding diaryl/α,β-unsaturated/α-hetero) is 1. The molecule has 3 saturated heterocycles. The predicted octanol–water partition coefficient (Wildman–Crippen LogP) is 0.717. The maximum Gasteiger partial charge on any atom is 0.378 e. The summed E-state index contributed by atoms with van der Waals surface area (Å²) in [5.74, 6) is 2.34. The Kier molecular flexibility index (Phi) is 8.19. The molecule has 3 fully saturated rings. The standard InChI is InChI=1S/C24H31BN6O8S2/c1-12-27-14(10-40-12)16(28-39-23(5,6)19(34)37-22(2,3)4)15(32)9-13-17(33)29-11-24(20(35)38-25,41-18(13)29)30-7-8-31(26)21(30)36/h10,13,18H,7-9,11,26H2,1-6H3/b28-16-/t13-,18-,24-/m1/s1. The van der Waals surface area contributed by atoms with E-state index in [1.54, 1.807) is 33.1 Å². The molecule has 0 unspecified atom stereocenters. The number of oxime groups is 1. The van der Waals surface area contributed by atoms with Gasteiger partial charge in [0.25, 0.3) is 0 Å². The highest BCUT2D eigenvalue weighted by Gasteiger charge is 2.66. The topological polar surface area (TPSA) is 174 Å². The monoisotopic (exact) mass is 606 g/mol. The second kappa shape index (κ2) is 10.9. The van der Waals surface area contributed by atoms with E-state index in [9.17, 15) is 24.0 Å². The molecule has 14 nitrogen and oxygen atoms in total. The largest absolute Gasteiger partial charge is 0.541 e. The molecule has 0 aromatic carbocycles. The summed E-state index contributed by atoms with van der Waals surface area (Å²) >= 11 is 2.30. The average molecular weight is 606 g/mol. The van der Waals surface area contributed by atoms with Crippen LogP contribution in [0.4, 0.5) is 4.79 Å². The van der Waals surface area contributed by atoms with E-state index < -0.39 is 51.1 Å². The lowest BCUT2D eigenvalue weighted by Crippen LogP contribution is -2.60. The highest BCUT2D eigenvalue weighted by Crippen LogP contribution is 2.53. The number of fused-ring (bicyclic) bond motifs is 1. The number of amides is 3. The van der Waals surface area contributed by atoms with Crippen molar-refractivity contribution in [2.75, 3.05) is 19.6 Å². The van der Waals surface area contributed by atoms with Crippen LogP contribution in [0.15, 0.2) is 10.5 Å². The highest BCUT2D eigenvalue weighted by molar-refractivity contribution is 8.02. The fraction of sp³-hybridized carbons (Fsp3) is 0.625. The van der Waals surface area contributed by atoms with Gasteiger partial charge < -0.3 is 19.1 Å². The predicted molar refractivity (Wildman–Crippen MR) is 148 cm³/mol. The van der Waals surface area contributed by atoms with Gasteiger partial charge in [0.2, 0.25) is 16.4 Å². The Morgan fingerprint density at radius 1 is 1.22 bits per heavy atom. The van der Waals surface area contributed by atoms with E-state index in [2.05, 4.69) is 14.8 Å². The molecule has 4 rings (SSSR count). The van der Waals surface area contributed by atoms with Crippen molar-refractivity contribution < 1.29 is 38.2 Å². The number of hydrogen-bond acceptors (Lipinski definition) is 13. The van der Waals surface area contributed by atoms with Crippen molar-refractivity contribution in [3.8, 4) is 0 Å². The van der Waals surface area contributed by atoms with E-state index in [-0.39, 0.29) is 43.4 Å². The summed E-state index contributed by atoms with van der Waals surface area (Å²) in [5.41, 5.74) is -2.24. The Hall–Kier alpha value is -3.18. The van der Waals surface area contributed by atoms with Crippen LogP contribution < -0.4 is 5.84 Å². The number of hydrazine groups is 1. The van der Waals surface area contributed by atoms with E-state index in [1.807, 2.05) is 0 Å². The smallest absolute Gasteiger partial charge is 0.378 e. The Bertz CT molecular complexity index is 1310. The first-order chi connectivity index (χ1) is 19.0. The number of thioether (sulfide) groups is 1. The summed E-state index contributed by atoms with van der Waals surface area (Å²) in [7, 11) is 5.20. The Morgan fingerprint density at radius 2 is 1.90 bits per heavy atom. The van der Waals surface area contributed by atoms with Gasteiger partial charge in [-0.2, -0.15) is 0 Å². The van der Waals surface area contributed by atoms with Gasteiger partial charge in [-0.3, -0.25) is 24.3 Å². The van der Waals surface area contributed by atoms with Crippen molar-refractivity contribution in [2.24, 2.45) is 16.9 Å². The molecule has 1 aromatic heterocycles. The molecule has 3 aliphatic rings. The maximum atomic E-state index is 13.6. The van der Waals surface area contributed by atoms with Crippen molar-refractivity contribution in [1.82, 2.24) is 19.8 Å². The van der Waals surface area contributed by atoms with E-state index in [1.165, 1.54) is 35.0 Å². The summed E-state index contributed by atoms with van der Waals surface area (Å²) in [4.78, 5) is 75.7. The summed E-state index contributed by atoms with van der Waals surface area (Å²) in [6, 6.07) is -0.608. The Balaban J connectivity index is 1.55. The van der Waals surface area contributed by atoms with Crippen LogP contribution in [0.2, 0.25) is 0 Å². The van der Waals surface area contributed by atoms with Crippen molar-refractivity contribution in [3.63, 3.8) is 0 Å². The van der Waals surface area contributed by atoms with Crippen LogP contribution in [-0.2, 0) is 33.4 Å². The van der Waals surface area contributed by atoms with E-state index in [0.29, 0.717) is 5.01 Å². The quantitative estimate of drug-likeness (QED) is 0.0798. The molecule has 4 heterocycles. The third-order valence-electron chi connectivity index (χ3n) is 6.64. The van der Waals surface area contributed by atoms with Gasteiger partial charge in [-0.1, -0.05) is 16.9 Å². The number of nitrogens with zero attached hydrogens (tertiary/aromatic N) is 5. The molecule has 3 atom stereocenters. The number of esters is 1. The molecule has 2 radical (unpaired) electrons. The number of carbonyl (C=O) groups is 5. The molecule has 17 heteroatoms. The van der Waals surface area contributed by atoms with Crippen molar-refractivity contribution in [1.29, 1.82) is 0 Å². The molecule has 41 heavy (non-hydrogen) atoms. The third kappa shape index (κ3) is 5.79. The van der Waals surface area contributed by atoms with E-state index >= 15 is 0 Å². The summed E-state index contributed by atoms with van der Waals surface area (Å²) < 4.78 is 9.91. The molecular formula is C24H31BN6O8S2. The lowest BCUT2D eigenvalue weighted by molar-refractivity contribution is -0.179. The van der Waals surface area contributed by atoms with Crippen LogP contribution in [-0.4, -0.2) is 104 Å². The van der Waals surface area contributed by atoms with E-state index in [4.69, 9.17) is 23.5 Å². The number of thiazole rings is 1. The zero-order valence-corrected chi connectivity index (χ0v) is 25.2. The minimum Gasteiger partial charge on any atom is -0.541 e. The molecule has 220 valence electrons. The Labute approximate surface area is 246 Å². The van der Waals surface area contributed by atoms with Gasteiger partial charge in [0.15, 0.2) is 11.5 Å². The van der Waals surface area contributed by atoms with Gasteiger partial charge >= 0.3 is 26.0 Å². The minimum atomic E-state index is -1.61. The van der Waals surface area contributed by atoms with Gasteiger partial charge in [-0.25, -0.2) is 20.4 Å². The normalized spacial score (nSPS) is 24.8. The zero-order valence-electron chi connectivity index (χ0n) is 23.5. The number of carbonyl (C=O) groups excluding carboxylic acids is 5. The fourth-order valence-corrected chi connectivity index (χ4v) is 6.86. The molecule has 0 bridgehead atoms. The average Bonchev–Trinajstić information content (AvgIpc) is 3.57. The number of ether oxygens (including phenoxy) is 1. The van der Waals surface area contributed by atoms with Crippen LogP contribution in [0, 0.1) is 12.8 Å². The molecule has 3 amide bonds. The first-order valence-corrected chi connectivity index (χ1v) is 14.5. The molecular weight excluding hydrogens is 575 g/mol. The first-order valence-electron chi connectivity index (χ1n) is 12.7. The molecule has 1 aromatic rings. The summed E-state index contributed by atoms with van der Waals surface area (Å²) in [6.07, 6.45) is -0.288. The first kappa shape index (κ1) is 30.8. The highest BCUT2D eigenvalue weighted by atomic mass is 32.2. The number of β-lactam (4-membered cyclic amide) rings is 1. The minimum absolute atomic E-state index is 0.126. The molecule has 3 aliphatic heterocycles. The van der Waals surface area contributed by atoms with Crippen molar-refractivity contribution in [3.05, 3.63) is 16.1 Å². The van der Waals surface area contributed by atoms with Gasteiger partial charge in [0, 0.05) is 18.3 Å². The second-order valence-electron chi connectivity index (χ2n) is 11.3. The molecule has 0 spiro atoms. The van der Waals surface area contributed by atoms with Crippen LogP contribution in [0.5, 0.6) is 0 Å². The summed E-state index contributed by atoms with van der Waals surface area (Å²) in [5, 5.41) is 6.64. The van der Waals surface area contributed by atoms with Crippen LogP contribution in [0.3, 0.4) is 0 Å². The van der Waals surface area contributed by atoms with Gasteiger partial charge in [0.05, 0.1) is 29.4 Å². The number of ketones is 1. The molecule has 2 N–H and O–H groups in total. The van der Waals surface area contributed by atoms with Crippen LogP contribution in [0.1, 0.15) is 51.7 Å². The number of aryl methyl sites for hydroxylation is 1. The number of nitrogens with two attached hydrogens (primary N) is 1. The molecule has 0 aliphatic carbocycles. The second-order valence-corrected chi connectivity index (χ2v) is 13.8. The van der Waals surface area contributed by atoms with Gasteiger partial charge in [0.1, 0.15) is 11.3 Å².